The minimum Gasteiger partial charge on any atom is -0.394 e. The molecule has 170 valence electrons. The van der Waals surface area contributed by atoms with Crippen LogP contribution in [0.15, 0.2) is 48.5 Å². The average Bonchev–Trinajstić information content (AvgIpc) is 3.30. The van der Waals surface area contributed by atoms with Gasteiger partial charge in [-0.3, -0.25) is 4.68 Å². The summed E-state index contributed by atoms with van der Waals surface area (Å²) in [6.07, 6.45) is -4.44. The Labute approximate surface area is 189 Å². The van der Waals surface area contributed by atoms with E-state index in [1.54, 1.807) is 28.9 Å². The van der Waals surface area contributed by atoms with Crippen LogP contribution in [0.2, 0.25) is 0 Å². The molecule has 0 amide bonds. The molecule has 0 saturated carbocycles. The van der Waals surface area contributed by atoms with Gasteiger partial charge in [0.15, 0.2) is 5.82 Å². The number of halogens is 4. The standard InChI is InChI=1S/C23H23F3N4O.ClH/c1-22(2,3)20-13-19(30(29-20)10-11-31)21-27-17-9-8-14(12-18(17)28-21)15-6-4-5-7-16(15)23(24,25)26;/h4-9,12-13,31H,10-11H2,1-3H3,(H,27,28);1H. The minimum atomic E-state index is -4.44. The molecule has 4 aromatic rings. The molecular weight excluding hydrogens is 441 g/mol. The SMILES string of the molecule is CC(C)(C)c1cc(-c2nc3ccc(-c4ccccc4C(F)(F)F)cc3[nH]2)n(CCO)n1.Cl. The maximum atomic E-state index is 13.4. The number of nitrogens with zero attached hydrogens (tertiary/aromatic N) is 3. The van der Waals surface area contributed by atoms with Crippen molar-refractivity contribution in [1.29, 1.82) is 0 Å². The highest BCUT2D eigenvalue weighted by atomic mass is 35.5. The number of nitrogens with one attached hydrogen (secondary N) is 1. The molecule has 32 heavy (non-hydrogen) atoms. The van der Waals surface area contributed by atoms with Crippen LogP contribution in [0.4, 0.5) is 13.2 Å². The van der Waals surface area contributed by atoms with Crippen LogP contribution in [0.1, 0.15) is 32.0 Å². The highest BCUT2D eigenvalue weighted by Crippen LogP contribution is 2.38. The van der Waals surface area contributed by atoms with E-state index in [4.69, 9.17) is 0 Å². The number of aliphatic hydroxyl groups is 1. The molecular formula is C23H24ClF3N4O. The average molecular weight is 465 g/mol. The molecule has 0 radical (unpaired) electrons. The van der Waals surface area contributed by atoms with Gasteiger partial charge in [0, 0.05) is 5.41 Å². The number of imidazole rings is 1. The zero-order chi connectivity index (χ0) is 22.4. The zero-order valence-corrected chi connectivity index (χ0v) is 18.7. The lowest BCUT2D eigenvalue weighted by Crippen LogP contribution is -2.13. The third-order valence-electron chi connectivity index (χ3n) is 5.13. The van der Waals surface area contributed by atoms with Crippen molar-refractivity contribution >= 4 is 23.4 Å². The van der Waals surface area contributed by atoms with Gasteiger partial charge in [-0.1, -0.05) is 45.0 Å². The second-order valence-corrected chi connectivity index (χ2v) is 8.47. The number of rotatable bonds is 4. The second-order valence-electron chi connectivity index (χ2n) is 8.47. The fraction of sp³-hybridized carbons (Fsp3) is 0.304. The number of aliphatic hydroxyl groups excluding tert-OH is 1. The maximum Gasteiger partial charge on any atom is 0.417 e. The van der Waals surface area contributed by atoms with Crippen molar-refractivity contribution in [1.82, 2.24) is 19.7 Å². The van der Waals surface area contributed by atoms with Crippen molar-refractivity contribution < 1.29 is 18.3 Å². The molecule has 2 heterocycles. The van der Waals surface area contributed by atoms with Crippen LogP contribution in [-0.4, -0.2) is 31.5 Å². The molecule has 0 unspecified atom stereocenters. The van der Waals surface area contributed by atoms with Gasteiger partial charge in [-0.05, 0) is 35.4 Å². The number of fused-ring (bicyclic) bond motifs is 1. The van der Waals surface area contributed by atoms with E-state index in [1.807, 2.05) is 26.8 Å². The largest absolute Gasteiger partial charge is 0.417 e. The lowest BCUT2D eigenvalue weighted by molar-refractivity contribution is -0.137. The van der Waals surface area contributed by atoms with Gasteiger partial charge in [-0.25, -0.2) is 4.98 Å². The van der Waals surface area contributed by atoms with Gasteiger partial charge in [0.2, 0.25) is 0 Å². The topological polar surface area (TPSA) is 66.7 Å². The first-order valence-corrected chi connectivity index (χ1v) is 9.94. The predicted octanol–water partition coefficient (Wildman–Crippen LogP) is 5.82. The van der Waals surface area contributed by atoms with Crippen LogP contribution >= 0.6 is 12.4 Å². The van der Waals surface area contributed by atoms with Crippen molar-refractivity contribution in [2.45, 2.75) is 38.9 Å². The van der Waals surface area contributed by atoms with E-state index in [9.17, 15) is 18.3 Å². The Hall–Kier alpha value is -2.84. The van der Waals surface area contributed by atoms with Crippen molar-refractivity contribution in [2.24, 2.45) is 0 Å². The molecule has 0 aliphatic heterocycles. The number of aromatic nitrogens is 4. The first-order valence-electron chi connectivity index (χ1n) is 9.94. The lowest BCUT2D eigenvalue weighted by Gasteiger charge is -2.14. The summed E-state index contributed by atoms with van der Waals surface area (Å²) in [6, 6.07) is 12.5. The molecule has 2 aromatic heterocycles. The summed E-state index contributed by atoms with van der Waals surface area (Å²) in [4.78, 5) is 7.82. The Morgan fingerprint density at radius 3 is 2.41 bits per heavy atom. The number of H-pyrrole nitrogens is 1. The van der Waals surface area contributed by atoms with Crippen molar-refractivity contribution in [3.63, 3.8) is 0 Å². The molecule has 0 spiro atoms. The molecule has 2 aromatic carbocycles. The third-order valence-corrected chi connectivity index (χ3v) is 5.13. The Kier molecular flexibility index (Phi) is 6.40. The number of alkyl halides is 3. The van der Waals surface area contributed by atoms with Crippen LogP contribution in [0, 0.1) is 0 Å². The van der Waals surface area contributed by atoms with Gasteiger partial charge < -0.3 is 10.1 Å². The van der Waals surface area contributed by atoms with Gasteiger partial charge in [0.25, 0.3) is 0 Å². The van der Waals surface area contributed by atoms with Crippen molar-refractivity contribution in [3.8, 4) is 22.6 Å². The van der Waals surface area contributed by atoms with E-state index in [2.05, 4.69) is 15.1 Å². The molecule has 0 bridgehead atoms. The van der Waals surface area contributed by atoms with Gasteiger partial charge >= 0.3 is 6.18 Å². The quantitative estimate of drug-likeness (QED) is 0.399. The molecule has 5 nitrogen and oxygen atoms in total. The van der Waals surface area contributed by atoms with E-state index < -0.39 is 11.7 Å². The van der Waals surface area contributed by atoms with E-state index in [1.165, 1.54) is 12.1 Å². The molecule has 2 N–H and O–H groups in total. The number of hydrogen-bond donors (Lipinski definition) is 2. The first kappa shape index (κ1) is 23.8. The fourth-order valence-electron chi connectivity index (χ4n) is 3.52. The molecule has 9 heteroatoms. The number of aromatic amines is 1. The molecule has 0 fully saturated rings. The normalized spacial score (nSPS) is 12.2. The summed E-state index contributed by atoms with van der Waals surface area (Å²) < 4.78 is 42.0. The summed E-state index contributed by atoms with van der Waals surface area (Å²) >= 11 is 0. The summed E-state index contributed by atoms with van der Waals surface area (Å²) in [7, 11) is 0. The summed E-state index contributed by atoms with van der Waals surface area (Å²) in [5.41, 5.74) is 2.54. The van der Waals surface area contributed by atoms with Crippen LogP contribution in [-0.2, 0) is 18.1 Å². The highest BCUT2D eigenvalue weighted by Gasteiger charge is 2.33. The molecule has 0 aliphatic carbocycles. The lowest BCUT2D eigenvalue weighted by atomic mass is 9.92. The van der Waals surface area contributed by atoms with Crippen LogP contribution in [0.5, 0.6) is 0 Å². The molecule has 0 atom stereocenters. The van der Waals surface area contributed by atoms with Crippen molar-refractivity contribution in [3.05, 3.63) is 59.8 Å². The van der Waals surface area contributed by atoms with Crippen LogP contribution < -0.4 is 0 Å². The monoisotopic (exact) mass is 464 g/mol. The van der Waals surface area contributed by atoms with Crippen LogP contribution in [0.3, 0.4) is 0 Å². The molecule has 4 rings (SSSR count). The van der Waals surface area contributed by atoms with Gasteiger partial charge in [-0.2, -0.15) is 18.3 Å². The molecule has 0 aliphatic rings. The Morgan fingerprint density at radius 2 is 1.75 bits per heavy atom. The molecule has 0 saturated heterocycles. The van der Waals surface area contributed by atoms with Gasteiger partial charge in [0.1, 0.15) is 5.69 Å². The van der Waals surface area contributed by atoms with E-state index >= 15 is 0 Å². The second kappa shape index (κ2) is 8.60. The minimum absolute atomic E-state index is 0. The smallest absolute Gasteiger partial charge is 0.394 e. The Morgan fingerprint density at radius 1 is 1.03 bits per heavy atom. The third kappa shape index (κ3) is 4.52. The van der Waals surface area contributed by atoms with E-state index in [0.717, 1.165) is 11.8 Å². The van der Waals surface area contributed by atoms with Gasteiger partial charge in [-0.15, -0.1) is 12.4 Å². The van der Waals surface area contributed by atoms with E-state index in [0.29, 0.717) is 34.7 Å². The zero-order valence-electron chi connectivity index (χ0n) is 17.9. The van der Waals surface area contributed by atoms with Gasteiger partial charge in [0.05, 0.1) is 35.4 Å². The maximum absolute atomic E-state index is 13.4. The Balaban J connectivity index is 0.00000289. The van der Waals surface area contributed by atoms with Crippen LogP contribution in [0.25, 0.3) is 33.7 Å². The first-order chi connectivity index (χ1) is 14.6. The predicted molar refractivity (Wildman–Crippen MR) is 121 cm³/mol. The fourth-order valence-corrected chi connectivity index (χ4v) is 3.52. The number of benzene rings is 2. The summed E-state index contributed by atoms with van der Waals surface area (Å²) in [5, 5.41) is 14.0. The van der Waals surface area contributed by atoms with E-state index in [-0.39, 0.29) is 30.0 Å². The highest BCUT2D eigenvalue weighted by molar-refractivity contribution is 5.85. The Bertz CT molecular complexity index is 1240. The summed E-state index contributed by atoms with van der Waals surface area (Å²) in [5.74, 6) is 0.549. The number of hydrogen-bond acceptors (Lipinski definition) is 3. The van der Waals surface area contributed by atoms with Crippen molar-refractivity contribution in [2.75, 3.05) is 6.61 Å². The summed E-state index contributed by atoms with van der Waals surface area (Å²) in [6.45, 7) is 6.38.